The first-order chi connectivity index (χ1) is 7.29. The number of likely N-dealkylation sites (tertiary alicyclic amines) is 1. The Bertz CT molecular complexity index is 284. The summed E-state index contributed by atoms with van der Waals surface area (Å²) in [5, 5.41) is 0. The molecule has 4 nitrogen and oxygen atoms in total. The van der Waals surface area contributed by atoms with Crippen molar-refractivity contribution in [2.75, 3.05) is 27.2 Å². The average molecular weight is 226 g/mol. The molecule has 16 heavy (non-hydrogen) atoms. The predicted molar refractivity (Wildman–Crippen MR) is 62.3 cm³/mol. The van der Waals surface area contributed by atoms with Crippen LogP contribution in [0.15, 0.2) is 0 Å². The van der Waals surface area contributed by atoms with Gasteiger partial charge in [-0.1, -0.05) is 0 Å². The standard InChI is InChI=1S/C12H22N2O2/c1-12(2,3)16-11(15)14-6-8-9(7-14)10(8)13(4)5/h8-10H,6-7H2,1-5H3/t8-,9+,10-. The highest BCUT2D eigenvalue weighted by Gasteiger charge is 2.58. The Kier molecular flexibility index (Phi) is 2.65. The molecule has 4 heteroatoms. The van der Waals surface area contributed by atoms with Gasteiger partial charge in [-0.05, 0) is 46.7 Å². The second kappa shape index (κ2) is 3.62. The van der Waals surface area contributed by atoms with Crippen LogP contribution in [0, 0.1) is 11.8 Å². The molecule has 3 atom stereocenters. The fraction of sp³-hybridized carbons (Fsp3) is 0.917. The van der Waals surface area contributed by atoms with E-state index in [1.165, 1.54) is 0 Å². The lowest BCUT2D eigenvalue weighted by Crippen LogP contribution is -2.39. The Morgan fingerprint density at radius 2 is 1.75 bits per heavy atom. The fourth-order valence-electron chi connectivity index (χ4n) is 2.74. The summed E-state index contributed by atoms with van der Waals surface area (Å²) in [6.45, 7) is 7.45. The van der Waals surface area contributed by atoms with Crippen molar-refractivity contribution in [2.45, 2.75) is 32.4 Å². The molecule has 2 fully saturated rings. The van der Waals surface area contributed by atoms with E-state index in [9.17, 15) is 4.79 Å². The molecule has 0 N–H and O–H groups in total. The monoisotopic (exact) mass is 226 g/mol. The van der Waals surface area contributed by atoms with Crippen molar-refractivity contribution in [1.82, 2.24) is 9.80 Å². The van der Waals surface area contributed by atoms with Crippen molar-refractivity contribution in [3.8, 4) is 0 Å². The van der Waals surface area contributed by atoms with Crippen LogP contribution in [-0.2, 0) is 4.74 Å². The van der Waals surface area contributed by atoms with Gasteiger partial charge in [0, 0.05) is 19.1 Å². The molecule has 0 aromatic heterocycles. The Labute approximate surface area is 97.5 Å². The van der Waals surface area contributed by atoms with Crippen molar-refractivity contribution >= 4 is 6.09 Å². The molecule has 1 amide bonds. The number of rotatable bonds is 1. The third kappa shape index (κ3) is 2.17. The summed E-state index contributed by atoms with van der Waals surface area (Å²) in [5.41, 5.74) is -0.384. The van der Waals surface area contributed by atoms with Crippen LogP contribution in [0.1, 0.15) is 20.8 Å². The van der Waals surface area contributed by atoms with E-state index in [4.69, 9.17) is 4.74 Å². The van der Waals surface area contributed by atoms with Gasteiger partial charge in [0.15, 0.2) is 0 Å². The molecule has 2 aliphatic rings. The van der Waals surface area contributed by atoms with Gasteiger partial charge >= 0.3 is 6.09 Å². The lowest BCUT2D eigenvalue weighted by Gasteiger charge is -2.26. The summed E-state index contributed by atoms with van der Waals surface area (Å²) in [5.74, 6) is 1.34. The number of amides is 1. The first kappa shape index (κ1) is 11.7. The highest BCUT2D eigenvalue weighted by molar-refractivity contribution is 5.69. The van der Waals surface area contributed by atoms with E-state index >= 15 is 0 Å². The van der Waals surface area contributed by atoms with Crippen LogP contribution >= 0.6 is 0 Å². The van der Waals surface area contributed by atoms with Crippen LogP contribution in [0.3, 0.4) is 0 Å². The Morgan fingerprint density at radius 1 is 1.25 bits per heavy atom. The number of carbonyl (C=O) groups is 1. The van der Waals surface area contributed by atoms with Crippen LogP contribution < -0.4 is 0 Å². The molecule has 1 aliphatic heterocycles. The topological polar surface area (TPSA) is 32.8 Å². The summed E-state index contributed by atoms with van der Waals surface area (Å²) < 4.78 is 5.36. The zero-order valence-corrected chi connectivity index (χ0v) is 10.9. The van der Waals surface area contributed by atoms with E-state index in [0.717, 1.165) is 13.1 Å². The molecule has 92 valence electrons. The SMILES string of the molecule is CN(C)[C@@H]1[C@@H]2CN(C(=O)OC(C)(C)C)C[C@@H]21. The van der Waals surface area contributed by atoms with Crippen molar-refractivity contribution < 1.29 is 9.53 Å². The second-order valence-corrected chi connectivity index (χ2v) is 6.17. The minimum atomic E-state index is -0.384. The number of piperidine rings is 1. The van der Waals surface area contributed by atoms with Gasteiger partial charge in [-0.25, -0.2) is 4.79 Å². The van der Waals surface area contributed by atoms with Crippen LogP contribution in [0.2, 0.25) is 0 Å². The molecule has 2 rings (SSSR count). The maximum atomic E-state index is 11.8. The first-order valence-corrected chi connectivity index (χ1v) is 5.94. The Hall–Kier alpha value is -0.770. The predicted octanol–water partition coefficient (Wildman–Crippen LogP) is 1.41. The maximum Gasteiger partial charge on any atom is 0.410 e. The molecule has 0 aromatic rings. The molecule has 1 saturated heterocycles. The van der Waals surface area contributed by atoms with Crippen LogP contribution in [-0.4, -0.2) is 54.7 Å². The molecular formula is C12H22N2O2. The normalized spacial score (nSPS) is 32.9. The summed E-state index contributed by atoms with van der Waals surface area (Å²) in [4.78, 5) is 15.9. The minimum absolute atomic E-state index is 0.155. The summed E-state index contributed by atoms with van der Waals surface area (Å²) in [7, 11) is 4.22. The van der Waals surface area contributed by atoms with Crippen LogP contribution in [0.25, 0.3) is 0 Å². The smallest absolute Gasteiger partial charge is 0.410 e. The molecule has 1 heterocycles. The molecule has 0 unspecified atom stereocenters. The van der Waals surface area contributed by atoms with E-state index in [1.807, 2.05) is 25.7 Å². The van der Waals surface area contributed by atoms with Gasteiger partial charge in [0.1, 0.15) is 5.60 Å². The molecule has 0 spiro atoms. The van der Waals surface area contributed by atoms with E-state index in [2.05, 4.69) is 19.0 Å². The van der Waals surface area contributed by atoms with Gasteiger partial charge < -0.3 is 14.5 Å². The number of fused-ring (bicyclic) bond motifs is 1. The molecule has 1 aliphatic carbocycles. The zero-order chi connectivity index (χ0) is 12.1. The van der Waals surface area contributed by atoms with Crippen molar-refractivity contribution in [2.24, 2.45) is 11.8 Å². The number of ether oxygens (including phenoxy) is 1. The highest BCUT2D eigenvalue weighted by atomic mass is 16.6. The van der Waals surface area contributed by atoms with Crippen molar-refractivity contribution in [3.63, 3.8) is 0 Å². The maximum absolute atomic E-state index is 11.8. The third-order valence-corrected chi connectivity index (χ3v) is 3.40. The Morgan fingerprint density at radius 3 is 2.12 bits per heavy atom. The fourth-order valence-corrected chi connectivity index (χ4v) is 2.74. The quantitative estimate of drug-likeness (QED) is 0.678. The number of hydrogen-bond acceptors (Lipinski definition) is 3. The van der Waals surface area contributed by atoms with Crippen LogP contribution in [0.4, 0.5) is 4.79 Å². The molecule has 1 saturated carbocycles. The van der Waals surface area contributed by atoms with Crippen LogP contribution in [0.5, 0.6) is 0 Å². The minimum Gasteiger partial charge on any atom is -0.444 e. The molecular weight excluding hydrogens is 204 g/mol. The average Bonchev–Trinajstić information content (AvgIpc) is 2.60. The van der Waals surface area contributed by atoms with E-state index < -0.39 is 0 Å². The largest absolute Gasteiger partial charge is 0.444 e. The van der Waals surface area contributed by atoms with Gasteiger partial charge in [0.05, 0.1) is 0 Å². The number of carbonyl (C=O) groups excluding carboxylic acids is 1. The molecule has 0 bridgehead atoms. The summed E-state index contributed by atoms with van der Waals surface area (Å²) in [6, 6.07) is 0.679. The number of hydrogen-bond donors (Lipinski definition) is 0. The van der Waals surface area contributed by atoms with Gasteiger partial charge in [-0.3, -0.25) is 0 Å². The van der Waals surface area contributed by atoms with Gasteiger partial charge in [-0.2, -0.15) is 0 Å². The van der Waals surface area contributed by atoms with E-state index in [0.29, 0.717) is 17.9 Å². The van der Waals surface area contributed by atoms with Gasteiger partial charge in [-0.15, -0.1) is 0 Å². The number of nitrogens with zero attached hydrogens (tertiary/aromatic N) is 2. The Balaban J connectivity index is 1.82. The second-order valence-electron chi connectivity index (χ2n) is 6.17. The lowest BCUT2D eigenvalue weighted by atomic mass is 10.2. The zero-order valence-electron chi connectivity index (χ0n) is 10.9. The van der Waals surface area contributed by atoms with E-state index in [1.54, 1.807) is 0 Å². The van der Waals surface area contributed by atoms with Crippen molar-refractivity contribution in [1.29, 1.82) is 0 Å². The molecule has 0 radical (unpaired) electrons. The summed E-state index contributed by atoms with van der Waals surface area (Å²) >= 11 is 0. The third-order valence-electron chi connectivity index (χ3n) is 3.40. The highest BCUT2D eigenvalue weighted by Crippen LogP contribution is 2.48. The summed E-state index contributed by atoms with van der Waals surface area (Å²) in [6.07, 6.45) is -0.155. The lowest BCUT2D eigenvalue weighted by molar-refractivity contribution is 0.0261. The first-order valence-electron chi connectivity index (χ1n) is 5.94. The van der Waals surface area contributed by atoms with Crippen molar-refractivity contribution in [3.05, 3.63) is 0 Å². The van der Waals surface area contributed by atoms with Gasteiger partial charge in [0.2, 0.25) is 0 Å². The van der Waals surface area contributed by atoms with Gasteiger partial charge in [0.25, 0.3) is 0 Å². The molecule has 0 aromatic carbocycles. The van der Waals surface area contributed by atoms with E-state index in [-0.39, 0.29) is 11.7 Å².